The predicted molar refractivity (Wildman–Crippen MR) is 65.1 cm³/mol. The Kier molecular flexibility index (Phi) is 4.76. The number of carboxylic acid groups (broad SMARTS) is 1. The second-order valence-electron chi connectivity index (χ2n) is 4.16. The highest BCUT2D eigenvalue weighted by molar-refractivity contribution is 5.94. The lowest BCUT2D eigenvalue weighted by molar-refractivity contribution is -0.140. The molecular formula is C12H17N3O3. The minimum absolute atomic E-state index is 0.144. The Balaban J connectivity index is 2.82. The molecule has 0 spiro atoms. The molecular weight excluding hydrogens is 234 g/mol. The molecule has 2 N–H and O–H groups in total. The average molecular weight is 251 g/mol. The maximum Gasteiger partial charge on any atom is 0.326 e. The molecule has 0 bridgehead atoms. The van der Waals surface area contributed by atoms with Crippen molar-refractivity contribution in [3.05, 3.63) is 23.8 Å². The molecule has 1 amide bonds. The summed E-state index contributed by atoms with van der Waals surface area (Å²) in [5.74, 6) is -1.20. The molecule has 0 fully saturated rings. The first kappa shape index (κ1) is 14.1. The van der Waals surface area contributed by atoms with E-state index in [2.05, 4.69) is 15.3 Å². The molecule has 18 heavy (non-hydrogen) atoms. The zero-order valence-corrected chi connectivity index (χ0v) is 10.7. The van der Waals surface area contributed by atoms with E-state index in [0.29, 0.717) is 12.2 Å². The number of nitrogens with zero attached hydrogens (tertiary/aromatic N) is 2. The van der Waals surface area contributed by atoms with Gasteiger partial charge >= 0.3 is 5.97 Å². The van der Waals surface area contributed by atoms with Crippen molar-refractivity contribution in [1.29, 1.82) is 0 Å². The van der Waals surface area contributed by atoms with E-state index in [4.69, 9.17) is 5.11 Å². The van der Waals surface area contributed by atoms with Crippen molar-refractivity contribution in [3.63, 3.8) is 0 Å². The molecule has 1 aromatic heterocycles. The molecule has 98 valence electrons. The fourth-order valence-corrected chi connectivity index (χ4v) is 1.48. The van der Waals surface area contributed by atoms with Crippen LogP contribution in [0.5, 0.6) is 0 Å². The molecule has 1 rings (SSSR count). The Hall–Kier alpha value is -1.98. The Labute approximate surface area is 105 Å². The highest BCUT2D eigenvalue weighted by Crippen LogP contribution is 2.08. The first-order chi connectivity index (χ1) is 8.45. The van der Waals surface area contributed by atoms with Crippen LogP contribution in [0.4, 0.5) is 0 Å². The van der Waals surface area contributed by atoms with Gasteiger partial charge < -0.3 is 10.4 Å². The highest BCUT2D eigenvalue weighted by Gasteiger charge is 2.26. The first-order valence-corrected chi connectivity index (χ1v) is 5.79. The van der Waals surface area contributed by atoms with Crippen molar-refractivity contribution < 1.29 is 14.7 Å². The van der Waals surface area contributed by atoms with Crippen LogP contribution in [0.3, 0.4) is 0 Å². The number of amides is 1. The number of nitrogens with one attached hydrogen (secondary N) is 1. The molecule has 0 aliphatic rings. The summed E-state index contributed by atoms with van der Waals surface area (Å²) in [6.45, 7) is 5.33. The lowest BCUT2D eigenvalue weighted by Crippen LogP contribution is -2.45. The van der Waals surface area contributed by atoms with Gasteiger partial charge in [-0.3, -0.25) is 4.79 Å². The van der Waals surface area contributed by atoms with E-state index in [1.807, 2.05) is 6.92 Å². The molecule has 6 heteroatoms. The third-order valence-corrected chi connectivity index (χ3v) is 2.77. The monoisotopic (exact) mass is 251 g/mol. The van der Waals surface area contributed by atoms with E-state index in [1.54, 1.807) is 13.8 Å². The van der Waals surface area contributed by atoms with Crippen LogP contribution in [0.15, 0.2) is 12.3 Å². The van der Waals surface area contributed by atoms with Gasteiger partial charge in [0.25, 0.3) is 5.91 Å². The van der Waals surface area contributed by atoms with Crippen molar-refractivity contribution in [3.8, 4) is 0 Å². The number of carbonyl (C=O) groups excluding carboxylic acids is 1. The van der Waals surface area contributed by atoms with Crippen molar-refractivity contribution in [2.45, 2.75) is 33.2 Å². The number of hydrogen-bond acceptors (Lipinski definition) is 4. The number of hydrogen-bond donors (Lipinski definition) is 2. The molecule has 0 aromatic carbocycles. The fraction of sp³-hybridized carbons (Fsp3) is 0.500. The molecule has 1 heterocycles. The molecule has 0 saturated carbocycles. The second kappa shape index (κ2) is 6.09. The molecule has 0 aliphatic carbocycles. The Morgan fingerprint density at radius 3 is 2.67 bits per heavy atom. The van der Waals surface area contributed by atoms with E-state index >= 15 is 0 Å². The summed E-state index contributed by atoms with van der Waals surface area (Å²) in [5.41, 5.74) is 0.178. The normalized spacial score (nSPS) is 13.7. The summed E-state index contributed by atoms with van der Waals surface area (Å²) in [5, 5.41) is 11.6. The van der Waals surface area contributed by atoms with Crippen molar-refractivity contribution in [2.24, 2.45) is 5.92 Å². The number of aromatic nitrogens is 2. The predicted octanol–water partition coefficient (Wildman–Crippen LogP) is 1.01. The Bertz CT molecular complexity index is 448. The number of aliphatic carboxylic acids is 1. The summed E-state index contributed by atoms with van der Waals surface area (Å²) in [6, 6.07) is 0.551. The van der Waals surface area contributed by atoms with Crippen LogP contribution in [0.1, 0.15) is 36.6 Å². The molecule has 2 atom stereocenters. The van der Waals surface area contributed by atoms with Gasteiger partial charge in [-0.2, -0.15) is 0 Å². The van der Waals surface area contributed by atoms with Crippen LogP contribution in [-0.4, -0.2) is 33.0 Å². The fourth-order valence-electron chi connectivity index (χ4n) is 1.48. The Morgan fingerprint density at radius 1 is 1.50 bits per heavy atom. The number of carbonyl (C=O) groups is 2. The van der Waals surface area contributed by atoms with Crippen LogP contribution in [0, 0.1) is 12.8 Å². The number of carboxylic acids is 1. The smallest absolute Gasteiger partial charge is 0.326 e. The quantitative estimate of drug-likeness (QED) is 0.815. The van der Waals surface area contributed by atoms with Gasteiger partial charge in [-0.05, 0) is 18.9 Å². The molecule has 0 saturated heterocycles. The maximum atomic E-state index is 11.9. The minimum Gasteiger partial charge on any atom is -0.480 e. The number of rotatable bonds is 5. The second-order valence-corrected chi connectivity index (χ2v) is 4.16. The molecule has 0 unspecified atom stereocenters. The van der Waals surface area contributed by atoms with Gasteiger partial charge in [-0.25, -0.2) is 14.8 Å². The average Bonchev–Trinajstić information content (AvgIpc) is 2.34. The van der Waals surface area contributed by atoms with Crippen molar-refractivity contribution in [1.82, 2.24) is 15.3 Å². The minimum atomic E-state index is -1.04. The van der Waals surface area contributed by atoms with Gasteiger partial charge in [0.05, 0.1) is 0 Å². The van der Waals surface area contributed by atoms with E-state index in [0.717, 1.165) is 0 Å². The number of aryl methyl sites for hydroxylation is 1. The Morgan fingerprint density at radius 2 is 2.17 bits per heavy atom. The third-order valence-electron chi connectivity index (χ3n) is 2.77. The van der Waals surface area contributed by atoms with Gasteiger partial charge in [0.1, 0.15) is 17.6 Å². The molecule has 0 radical (unpaired) electrons. The largest absolute Gasteiger partial charge is 0.480 e. The molecule has 6 nitrogen and oxygen atoms in total. The summed E-state index contributed by atoms with van der Waals surface area (Å²) in [4.78, 5) is 30.8. The molecule has 1 aromatic rings. The van der Waals surface area contributed by atoms with Gasteiger partial charge in [-0.15, -0.1) is 0 Å². The van der Waals surface area contributed by atoms with Gasteiger partial charge in [0.2, 0.25) is 0 Å². The summed E-state index contributed by atoms with van der Waals surface area (Å²) in [7, 11) is 0. The zero-order chi connectivity index (χ0) is 13.7. The zero-order valence-electron chi connectivity index (χ0n) is 10.7. The first-order valence-electron chi connectivity index (χ1n) is 5.79. The standard InChI is InChI=1S/C12H17N3O3/c1-4-7(2)10(12(17)18)15-11(16)9-5-6-13-8(3)14-9/h5-7,10H,4H2,1-3H3,(H,15,16)(H,17,18)/t7-,10-/m0/s1. The van der Waals surface area contributed by atoms with E-state index in [-0.39, 0.29) is 11.6 Å². The van der Waals surface area contributed by atoms with Gasteiger partial charge in [0.15, 0.2) is 0 Å². The molecule has 0 aliphatic heterocycles. The highest BCUT2D eigenvalue weighted by atomic mass is 16.4. The SMILES string of the molecule is CC[C@H](C)[C@H](NC(=O)c1ccnc(C)n1)C(=O)O. The van der Waals surface area contributed by atoms with Gasteiger partial charge in [-0.1, -0.05) is 20.3 Å². The van der Waals surface area contributed by atoms with Crippen LogP contribution in [0.2, 0.25) is 0 Å². The van der Waals surface area contributed by atoms with Crippen LogP contribution < -0.4 is 5.32 Å². The topological polar surface area (TPSA) is 92.2 Å². The van der Waals surface area contributed by atoms with Crippen LogP contribution >= 0.6 is 0 Å². The van der Waals surface area contributed by atoms with Crippen LogP contribution in [-0.2, 0) is 4.79 Å². The van der Waals surface area contributed by atoms with Crippen molar-refractivity contribution >= 4 is 11.9 Å². The van der Waals surface area contributed by atoms with E-state index in [1.165, 1.54) is 12.3 Å². The van der Waals surface area contributed by atoms with Crippen LogP contribution in [0.25, 0.3) is 0 Å². The lowest BCUT2D eigenvalue weighted by Gasteiger charge is -2.19. The van der Waals surface area contributed by atoms with Gasteiger partial charge in [0, 0.05) is 6.20 Å². The van der Waals surface area contributed by atoms with E-state index in [9.17, 15) is 9.59 Å². The summed E-state index contributed by atoms with van der Waals surface area (Å²) >= 11 is 0. The maximum absolute atomic E-state index is 11.9. The third kappa shape index (κ3) is 3.51. The van der Waals surface area contributed by atoms with Crippen molar-refractivity contribution in [2.75, 3.05) is 0 Å². The summed E-state index contributed by atoms with van der Waals surface area (Å²) in [6.07, 6.45) is 2.14. The van der Waals surface area contributed by atoms with E-state index < -0.39 is 17.9 Å². The summed E-state index contributed by atoms with van der Waals surface area (Å²) < 4.78 is 0. The lowest BCUT2D eigenvalue weighted by atomic mass is 9.99.